The van der Waals surface area contributed by atoms with Crippen molar-refractivity contribution in [2.75, 3.05) is 4.90 Å². The maximum absolute atomic E-state index is 13.4. The molecule has 0 saturated heterocycles. The van der Waals surface area contributed by atoms with Crippen LogP contribution in [0, 0.1) is 13.8 Å². The summed E-state index contributed by atoms with van der Waals surface area (Å²) in [6, 6.07) is 11.5. The molecule has 0 bridgehead atoms. The molecule has 0 spiro atoms. The lowest BCUT2D eigenvalue weighted by Gasteiger charge is -2.24. The maximum Gasteiger partial charge on any atom is 0.296 e. The molecular formula is C24H16Cl2N2O3S2. The van der Waals surface area contributed by atoms with E-state index in [1.165, 1.54) is 27.6 Å². The Hall–Kier alpha value is -2.71. The van der Waals surface area contributed by atoms with Crippen molar-refractivity contribution < 1.29 is 14.7 Å². The summed E-state index contributed by atoms with van der Waals surface area (Å²) in [5, 5.41) is 13.7. The van der Waals surface area contributed by atoms with E-state index in [1.54, 1.807) is 35.7 Å². The van der Waals surface area contributed by atoms with Crippen LogP contribution in [0.25, 0.3) is 10.2 Å². The summed E-state index contributed by atoms with van der Waals surface area (Å²) in [7, 11) is 0. The molecule has 1 aliphatic heterocycles. The largest absolute Gasteiger partial charge is 0.503 e. The molecule has 3 heterocycles. The van der Waals surface area contributed by atoms with Gasteiger partial charge in [0.05, 0.1) is 36.8 Å². The number of thiazole rings is 1. The van der Waals surface area contributed by atoms with Crippen LogP contribution < -0.4 is 4.90 Å². The fourth-order valence-electron chi connectivity index (χ4n) is 4.03. The first kappa shape index (κ1) is 22.1. The average molecular weight is 515 g/mol. The number of aromatic nitrogens is 1. The van der Waals surface area contributed by atoms with Crippen molar-refractivity contribution in [1.29, 1.82) is 0 Å². The predicted molar refractivity (Wildman–Crippen MR) is 134 cm³/mol. The van der Waals surface area contributed by atoms with Crippen LogP contribution in [0.2, 0.25) is 10.0 Å². The third kappa shape index (κ3) is 3.65. The number of aliphatic hydroxyl groups is 1. The van der Waals surface area contributed by atoms with Crippen molar-refractivity contribution in [2.24, 2.45) is 0 Å². The van der Waals surface area contributed by atoms with E-state index in [9.17, 15) is 14.7 Å². The van der Waals surface area contributed by atoms with Crippen LogP contribution in [0.3, 0.4) is 0 Å². The third-order valence-electron chi connectivity index (χ3n) is 5.48. The van der Waals surface area contributed by atoms with Gasteiger partial charge in [-0.2, -0.15) is 0 Å². The Morgan fingerprint density at radius 1 is 1.12 bits per heavy atom. The Morgan fingerprint density at radius 2 is 1.91 bits per heavy atom. The van der Waals surface area contributed by atoms with E-state index in [4.69, 9.17) is 28.2 Å². The minimum atomic E-state index is -0.899. The van der Waals surface area contributed by atoms with Crippen molar-refractivity contribution in [3.8, 4) is 0 Å². The van der Waals surface area contributed by atoms with E-state index in [1.807, 2.05) is 26.0 Å². The molecule has 0 fully saturated rings. The van der Waals surface area contributed by atoms with Gasteiger partial charge in [0, 0.05) is 0 Å². The Kier molecular flexibility index (Phi) is 5.53. The maximum atomic E-state index is 13.4. The standard InChI is InChI=1S/C24H16Cl2N2O3S2/c1-11-8-12(2)19-17(9-11)33-24(27-19)28-20(13-5-6-14(25)15(26)10-13)18(22(30)23(28)31)21(29)16-4-3-7-32-16/h3-10,20,30H,1-2H3. The zero-order valence-corrected chi connectivity index (χ0v) is 20.6. The van der Waals surface area contributed by atoms with Gasteiger partial charge in [0.1, 0.15) is 0 Å². The van der Waals surface area contributed by atoms with Gasteiger partial charge in [-0.25, -0.2) is 4.98 Å². The Labute approximate surface area is 207 Å². The van der Waals surface area contributed by atoms with E-state index in [0.29, 0.717) is 20.6 Å². The molecular weight excluding hydrogens is 499 g/mol. The highest BCUT2D eigenvalue weighted by atomic mass is 35.5. The molecule has 166 valence electrons. The number of hydrogen-bond donors (Lipinski definition) is 1. The fraction of sp³-hybridized carbons (Fsp3) is 0.125. The number of nitrogens with zero attached hydrogens (tertiary/aromatic N) is 2. The molecule has 5 nitrogen and oxygen atoms in total. The lowest BCUT2D eigenvalue weighted by molar-refractivity contribution is -0.117. The molecule has 1 atom stereocenters. The number of Topliss-reactive ketones (excluding diaryl/α,β-unsaturated/α-hetero) is 1. The van der Waals surface area contributed by atoms with Crippen LogP contribution in [-0.4, -0.2) is 21.8 Å². The van der Waals surface area contributed by atoms with Gasteiger partial charge in [0.2, 0.25) is 5.78 Å². The van der Waals surface area contributed by atoms with E-state index in [-0.39, 0.29) is 10.6 Å². The van der Waals surface area contributed by atoms with E-state index < -0.39 is 23.5 Å². The zero-order chi connectivity index (χ0) is 23.4. The number of carbonyl (C=O) groups is 2. The second kappa shape index (κ2) is 8.25. The zero-order valence-electron chi connectivity index (χ0n) is 17.4. The molecule has 2 aromatic heterocycles. The van der Waals surface area contributed by atoms with Crippen molar-refractivity contribution in [3.05, 3.63) is 90.8 Å². The first-order valence-electron chi connectivity index (χ1n) is 9.94. The van der Waals surface area contributed by atoms with Crippen molar-refractivity contribution in [3.63, 3.8) is 0 Å². The molecule has 0 radical (unpaired) electrons. The van der Waals surface area contributed by atoms with Crippen molar-refractivity contribution >= 4 is 72.9 Å². The van der Waals surface area contributed by atoms with Crippen LogP contribution in [0.15, 0.2) is 59.2 Å². The molecule has 33 heavy (non-hydrogen) atoms. The van der Waals surface area contributed by atoms with E-state index in [0.717, 1.165) is 21.3 Å². The monoisotopic (exact) mass is 514 g/mol. The SMILES string of the molecule is Cc1cc(C)c2nc(N3C(=O)C(O)=C(C(=O)c4cccs4)C3c3ccc(Cl)c(Cl)c3)sc2c1. The molecule has 1 N–H and O–H groups in total. The first-order valence-corrected chi connectivity index (χ1v) is 12.4. The number of halogens is 2. The second-order valence-corrected chi connectivity index (χ2v) is 10.5. The highest BCUT2D eigenvalue weighted by Crippen LogP contribution is 2.45. The summed E-state index contributed by atoms with van der Waals surface area (Å²) in [5.74, 6) is -1.68. The third-order valence-corrected chi connectivity index (χ3v) is 8.09. The van der Waals surface area contributed by atoms with Crippen LogP contribution in [0.4, 0.5) is 5.13 Å². The number of benzene rings is 2. The summed E-state index contributed by atoms with van der Waals surface area (Å²) in [6.07, 6.45) is 0. The predicted octanol–water partition coefficient (Wildman–Crippen LogP) is 7.06. The normalized spacial score (nSPS) is 16.3. The number of carbonyl (C=O) groups excluding carboxylic acids is 2. The van der Waals surface area contributed by atoms with Crippen molar-refractivity contribution in [2.45, 2.75) is 19.9 Å². The highest BCUT2D eigenvalue weighted by molar-refractivity contribution is 7.22. The smallest absolute Gasteiger partial charge is 0.296 e. The van der Waals surface area contributed by atoms with Crippen LogP contribution in [-0.2, 0) is 4.79 Å². The number of aliphatic hydroxyl groups excluding tert-OH is 1. The lowest BCUT2D eigenvalue weighted by Crippen LogP contribution is -2.30. The molecule has 0 aliphatic carbocycles. The van der Waals surface area contributed by atoms with Gasteiger partial charge in [-0.3, -0.25) is 14.5 Å². The van der Waals surface area contributed by atoms with Crippen LogP contribution in [0.5, 0.6) is 0 Å². The summed E-state index contributed by atoms with van der Waals surface area (Å²) in [6.45, 7) is 3.96. The number of hydrogen-bond acceptors (Lipinski definition) is 6. The number of aryl methyl sites for hydroxylation is 2. The molecule has 1 amide bonds. The number of thiophene rings is 1. The number of anilines is 1. The topological polar surface area (TPSA) is 70.5 Å². The van der Waals surface area contributed by atoms with Gasteiger partial charge in [-0.1, -0.05) is 52.7 Å². The first-order chi connectivity index (χ1) is 15.8. The van der Waals surface area contributed by atoms with Crippen LogP contribution >= 0.6 is 45.9 Å². The molecule has 0 saturated carbocycles. The summed E-state index contributed by atoms with van der Waals surface area (Å²) in [4.78, 5) is 33.2. The van der Waals surface area contributed by atoms with E-state index in [2.05, 4.69) is 0 Å². The molecule has 4 aromatic rings. The molecule has 9 heteroatoms. The Morgan fingerprint density at radius 3 is 2.61 bits per heavy atom. The molecule has 5 rings (SSSR count). The number of rotatable bonds is 4. The van der Waals surface area contributed by atoms with Gasteiger partial charge in [-0.15, -0.1) is 11.3 Å². The number of amides is 1. The molecule has 1 unspecified atom stereocenters. The minimum absolute atomic E-state index is 0.00648. The Bertz CT molecular complexity index is 1470. The lowest BCUT2D eigenvalue weighted by atomic mass is 9.95. The highest BCUT2D eigenvalue weighted by Gasteiger charge is 2.46. The van der Waals surface area contributed by atoms with Gasteiger partial charge in [0.25, 0.3) is 5.91 Å². The number of ketones is 1. The van der Waals surface area contributed by atoms with Crippen molar-refractivity contribution in [1.82, 2.24) is 4.98 Å². The molecule has 2 aromatic carbocycles. The van der Waals surface area contributed by atoms with Crippen LogP contribution in [0.1, 0.15) is 32.4 Å². The van der Waals surface area contributed by atoms with Gasteiger partial charge >= 0.3 is 0 Å². The van der Waals surface area contributed by atoms with Gasteiger partial charge < -0.3 is 5.11 Å². The second-order valence-electron chi connectivity index (χ2n) is 7.74. The summed E-state index contributed by atoms with van der Waals surface area (Å²) in [5.41, 5.74) is 3.39. The Balaban J connectivity index is 1.71. The molecule has 1 aliphatic rings. The summed E-state index contributed by atoms with van der Waals surface area (Å²) >= 11 is 15.0. The quantitative estimate of drug-likeness (QED) is 0.295. The van der Waals surface area contributed by atoms with Gasteiger partial charge in [0.15, 0.2) is 10.9 Å². The van der Waals surface area contributed by atoms with E-state index >= 15 is 0 Å². The average Bonchev–Trinajstić information content (AvgIpc) is 3.49. The summed E-state index contributed by atoms with van der Waals surface area (Å²) < 4.78 is 0.917. The van der Waals surface area contributed by atoms with Gasteiger partial charge in [-0.05, 0) is 60.2 Å². The minimum Gasteiger partial charge on any atom is -0.503 e. The number of fused-ring (bicyclic) bond motifs is 1. The fourth-order valence-corrected chi connectivity index (χ4v) is 6.19.